The standard InChI is InChI=1S/C18H15N3S/c1-2-21-10-16(14-5-3-4-6-17(14)21)18-15(9-19-12-20-18)13-7-8-22-11-13/h3-12H,2H2,1H3. The first-order valence-corrected chi connectivity index (χ1v) is 8.23. The fraction of sp³-hybridized carbons (Fsp3) is 0.111. The van der Waals surface area contributed by atoms with Crippen LogP contribution in [0.1, 0.15) is 6.92 Å². The van der Waals surface area contributed by atoms with Gasteiger partial charge in [-0.2, -0.15) is 11.3 Å². The molecule has 108 valence electrons. The number of aromatic nitrogens is 3. The molecule has 0 saturated carbocycles. The molecule has 0 amide bonds. The molecule has 3 heterocycles. The van der Waals surface area contributed by atoms with Crippen LogP contribution >= 0.6 is 11.3 Å². The second kappa shape index (κ2) is 5.39. The lowest BCUT2D eigenvalue weighted by Crippen LogP contribution is -1.91. The average molecular weight is 305 g/mol. The third-order valence-electron chi connectivity index (χ3n) is 3.93. The zero-order chi connectivity index (χ0) is 14.9. The van der Waals surface area contributed by atoms with Crippen molar-refractivity contribution < 1.29 is 0 Å². The van der Waals surface area contributed by atoms with E-state index in [9.17, 15) is 0 Å². The van der Waals surface area contributed by atoms with Crippen LogP contribution < -0.4 is 0 Å². The normalized spacial score (nSPS) is 11.1. The summed E-state index contributed by atoms with van der Waals surface area (Å²) in [6.07, 6.45) is 5.73. The van der Waals surface area contributed by atoms with E-state index in [1.807, 2.05) is 6.20 Å². The van der Waals surface area contributed by atoms with Crippen LogP contribution in [0.5, 0.6) is 0 Å². The summed E-state index contributed by atoms with van der Waals surface area (Å²) in [7, 11) is 0. The number of hydrogen-bond donors (Lipinski definition) is 0. The first kappa shape index (κ1) is 13.2. The van der Waals surface area contributed by atoms with Gasteiger partial charge in [0.1, 0.15) is 6.33 Å². The molecule has 0 aliphatic rings. The number of rotatable bonds is 3. The maximum atomic E-state index is 4.58. The SMILES string of the molecule is CCn1cc(-c2ncncc2-c2ccsc2)c2ccccc21. The number of fused-ring (bicyclic) bond motifs is 1. The summed E-state index contributed by atoms with van der Waals surface area (Å²) in [5.41, 5.74) is 5.67. The molecule has 0 radical (unpaired) electrons. The van der Waals surface area contributed by atoms with E-state index in [2.05, 4.69) is 68.7 Å². The maximum Gasteiger partial charge on any atom is 0.116 e. The molecule has 0 bridgehead atoms. The Hall–Kier alpha value is -2.46. The highest BCUT2D eigenvalue weighted by atomic mass is 32.1. The molecular formula is C18H15N3S. The first-order chi connectivity index (χ1) is 10.9. The van der Waals surface area contributed by atoms with Crippen molar-refractivity contribution in [3.63, 3.8) is 0 Å². The lowest BCUT2D eigenvalue weighted by Gasteiger charge is -2.05. The van der Waals surface area contributed by atoms with Crippen LogP contribution in [0.3, 0.4) is 0 Å². The Kier molecular flexibility index (Phi) is 3.24. The van der Waals surface area contributed by atoms with Gasteiger partial charge in [0.15, 0.2) is 0 Å². The molecule has 4 aromatic rings. The molecule has 0 atom stereocenters. The van der Waals surface area contributed by atoms with Crippen molar-refractivity contribution in [3.8, 4) is 22.4 Å². The van der Waals surface area contributed by atoms with E-state index in [4.69, 9.17) is 0 Å². The average Bonchev–Trinajstić information content (AvgIpc) is 3.23. The molecule has 0 aliphatic carbocycles. The zero-order valence-corrected chi connectivity index (χ0v) is 13.0. The minimum Gasteiger partial charge on any atom is -0.347 e. The highest BCUT2D eigenvalue weighted by Crippen LogP contribution is 2.35. The molecule has 3 nitrogen and oxygen atoms in total. The minimum atomic E-state index is 0.944. The van der Waals surface area contributed by atoms with Gasteiger partial charge in [0.05, 0.1) is 5.69 Å². The molecule has 0 fully saturated rings. The van der Waals surface area contributed by atoms with Crippen molar-refractivity contribution in [1.29, 1.82) is 0 Å². The van der Waals surface area contributed by atoms with E-state index in [1.165, 1.54) is 22.0 Å². The van der Waals surface area contributed by atoms with Crippen LogP contribution in [0.2, 0.25) is 0 Å². The highest BCUT2D eigenvalue weighted by Gasteiger charge is 2.15. The zero-order valence-electron chi connectivity index (χ0n) is 12.2. The lowest BCUT2D eigenvalue weighted by molar-refractivity contribution is 0.798. The van der Waals surface area contributed by atoms with Gasteiger partial charge in [-0.3, -0.25) is 0 Å². The van der Waals surface area contributed by atoms with Gasteiger partial charge in [-0.15, -0.1) is 0 Å². The minimum absolute atomic E-state index is 0.944. The van der Waals surface area contributed by atoms with Gasteiger partial charge in [0.2, 0.25) is 0 Å². The van der Waals surface area contributed by atoms with Gasteiger partial charge in [0.25, 0.3) is 0 Å². The van der Waals surface area contributed by atoms with E-state index >= 15 is 0 Å². The number of para-hydroxylation sites is 1. The number of hydrogen-bond acceptors (Lipinski definition) is 3. The second-order valence-electron chi connectivity index (χ2n) is 5.14. The van der Waals surface area contributed by atoms with Gasteiger partial charge in [-0.05, 0) is 35.4 Å². The second-order valence-corrected chi connectivity index (χ2v) is 5.92. The largest absolute Gasteiger partial charge is 0.347 e. The Morgan fingerprint density at radius 1 is 1.14 bits per heavy atom. The number of nitrogens with zero attached hydrogens (tertiary/aromatic N) is 3. The van der Waals surface area contributed by atoms with Crippen molar-refractivity contribution >= 4 is 22.2 Å². The third-order valence-corrected chi connectivity index (χ3v) is 4.61. The molecule has 0 spiro atoms. The maximum absolute atomic E-state index is 4.58. The van der Waals surface area contributed by atoms with Gasteiger partial charge in [-0.1, -0.05) is 18.2 Å². The van der Waals surface area contributed by atoms with Crippen LogP contribution in [-0.2, 0) is 6.54 Å². The Labute approximate surface area is 132 Å². The quantitative estimate of drug-likeness (QED) is 0.542. The van der Waals surface area contributed by atoms with Crippen molar-refractivity contribution in [1.82, 2.24) is 14.5 Å². The Bertz CT molecular complexity index is 923. The summed E-state index contributed by atoms with van der Waals surface area (Å²) in [5, 5.41) is 5.46. The number of aryl methyl sites for hydroxylation is 1. The van der Waals surface area contributed by atoms with Crippen LogP contribution in [0.15, 0.2) is 59.8 Å². The van der Waals surface area contributed by atoms with Gasteiger partial charge in [-0.25, -0.2) is 9.97 Å². The van der Waals surface area contributed by atoms with Crippen molar-refractivity contribution in [2.45, 2.75) is 13.5 Å². The molecule has 0 aliphatic heterocycles. The molecule has 4 rings (SSSR count). The van der Waals surface area contributed by atoms with E-state index in [0.29, 0.717) is 0 Å². The Morgan fingerprint density at radius 2 is 2.05 bits per heavy atom. The summed E-state index contributed by atoms with van der Waals surface area (Å²) in [6.45, 7) is 3.11. The summed E-state index contributed by atoms with van der Waals surface area (Å²) in [6, 6.07) is 10.6. The van der Waals surface area contributed by atoms with Crippen LogP contribution in [0.25, 0.3) is 33.3 Å². The van der Waals surface area contributed by atoms with Crippen molar-refractivity contribution in [3.05, 3.63) is 59.8 Å². The lowest BCUT2D eigenvalue weighted by atomic mass is 10.0. The molecule has 0 unspecified atom stereocenters. The molecule has 0 saturated heterocycles. The van der Waals surface area contributed by atoms with Crippen LogP contribution in [0, 0.1) is 0 Å². The molecule has 22 heavy (non-hydrogen) atoms. The topological polar surface area (TPSA) is 30.7 Å². The van der Waals surface area contributed by atoms with E-state index < -0.39 is 0 Å². The fourth-order valence-electron chi connectivity index (χ4n) is 2.87. The third kappa shape index (κ3) is 2.04. The van der Waals surface area contributed by atoms with E-state index in [-0.39, 0.29) is 0 Å². The van der Waals surface area contributed by atoms with Crippen molar-refractivity contribution in [2.75, 3.05) is 0 Å². The Balaban J connectivity index is 2.01. The molecule has 0 N–H and O–H groups in total. The Morgan fingerprint density at radius 3 is 2.86 bits per heavy atom. The van der Waals surface area contributed by atoms with E-state index in [1.54, 1.807) is 17.7 Å². The van der Waals surface area contributed by atoms with Crippen molar-refractivity contribution in [2.24, 2.45) is 0 Å². The van der Waals surface area contributed by atoms with Crippen LogP contribution in [0.4, 0.5) is 0 Å². The predicted molar refractivity (Wildman–Crippen MR) is 92.0 cm³/mol. The molecule has 4 heteroatoms. The summed E-state index contributed by atoms with van der Waals surface area (Å²) in [4.78, 5) is 8.80. The summed E-state index contributed by atoms with van der Waals surface area (Å²) < 4.78 is 2.27. The number of thiophene rings is 1. The molecule has 3 aromatic heterocycles. The van der Waals surface area contributed by atoms with E-state index in [0.717, 1.165) is 17.8 Å². The molecular weight excluding hydrogens is 290 g/mol. The van der Waals surface area contributed by atoms with Crippen LogP contribution in [-0.4, -0.2) is 14.5 Å². The highest BCUT2D eigenvalue weighted by molar-refractivity contribution is 7.08. The summed E-state index contributed by atoms with van der Waals surface area (Å²) >= 11 is 1.69. The van der Waals surface area contributed by atoms with Gasteiger partial charge in [0, 0.05) is 41.0 Å². The number of benzene rings is 1. The summed E-state index contributed by atoms with van der Waals surface area (Å²) in [5.74, 6) is 0. The smallest absolute Gasteiger partial charge is 0.116 e. The fourth-order valence-corrected chi connectivity index (χ4v) is 3.53. The van der Waals surface area contributed by atoms with Gasteiger partial charge >= 0.3 is 0 Å². The first-order valence-electron chi connectivity index (χ1n) is 7.29. The predicted octanol–water partition coefficient (Wildman–Crippen LogP) is 4.85. The molecule has 1 aromatic carbocycles. The van der Waals surface area contributed by atoms with Gasteiger partial charge < -0.3 is 4.57 Å². The monoisotopic (exact) mass is 305 g/mol.